The molecule has 1 unspecified atom stereocenters. The van der Waals surface area contributed by atoms with Gasteiger partial charge in [0.1, 0.15) is 5.82 Å². The van der Waals surface area contributed by atoms with Crippen molar-refractivity contribution in [2.24, 2.45) is 0 Å². The molecule has 1 aromatic carbocycles. The fourth-order valence-electron chi connectivity index (χ4n) is 2.75. The zero-order valence-electron chi connectivity index (χ0n) is 14.1. The van der Waals surface area contributed by atoms with E-state index in [0.29, 0.717) is 19.2 Å². The number of carbonyl (C=O) groups excluding carboxylic acids is 2. The minimum atomic E-state index is -1.01. The number of amides is 3. The fourth-order valence-corrected chi connectivity index (χ4v) is 2.75. The quantitative estimate of drug-likeness (QED) is 0.880. The first kappa shape index (κ1) is 17.8. The summed E-state index contributed by atoms with van der Waals surface area (Å²) in [6.07, 6.45) is 1.66. The maximum absolute atomic E-state index is 13.6. The Balaban J connectivity index is 1.68. The van der Waals surface area contributed by atoms with Gasteiger partial charge in [-0.3, -0.25) is 9.69 Å². The summed E-state index contributed by atoms with van der Waals surface area (Å²) in [5.41, 5.74) is 1.08. The highest BCUT2D eigenvalue weighted by Crippen LogP contribution is 2.21. The Bertz CT molecular complexity index is 826. The van der Waals surface area contributed by atoms with Crippen LogP contribution in [0.25, 0.3) is 0 Å². The number of nitrogens with one attached hydrogen (secondary N) is 2. The first-order chi connectivity index (χ1) is 12.5. The Kier molecular flexibility index (Phi) is 5.11. The molecule has 3 amide bonds. The Labute approximate surface area is 149 Å². The van der Waals surface area contributed by atoms with Crippen LogP contribution in [0, 0.1) is 11.6 Å². The summed E-state index contributed by atoms with van der Waals surface area (Å²) < 4.78 is 26.5. The molecule has 136 valence electrons. The number of rotatable bonds is 4. The molecular weight excluding hydrogens is 342 g/mol. The molecule has 1 aliphatic rings. The molecule has 0 saturated carbocycles. The van der Waals surface area contributed by atoms with Crippen molar-refractivity contribution in [2.45, 2.75) is 19.4 Å². The summed E-state index contributed by atoms with van der Waals surface area (Å²) in [6, 6.07) is 7.22. The zero-order chi connectivity index (χ0) is 18.7. The number of urea groups is 1. The van der Waals surface area contributed by atoms with Crippen molar-refractivity contribution in [2.75, 3.05) is 18.0 Å². The highest BCUT2D eigenvalue weighted by molar-refractivity contribution is 5.93. The van der Waals surface area contributed by atoms with Gasteiger partial charge in [-0.1, -0.05) is 12.1 Å². The molecule has 0 radical (unpaired) electrons. The van der Waals surface area contributed by atoms with Crippen molar-refractivity contribution >= 4 is 17.6 Å². The van der Waals surface area contributed by atoms with Crippen molar-refractivity contribution < 1.29 is 18.4 Å². The molecule has 6 nitrogen and oxygen atoms in total. The van der Waals surface area contributed by atoms with Crippen LogP contribution >= 0.6 is 0 Å². The first-order valence-corrected chi connectivity index (χ1v) is 8.23. The van der Waals surface area contributed by atoms with Crippen LogP contribution < -0.4 is 15.5 Å². The molecule has 2 N–H and O–H groups in total. The van der Waals surface area contributed by atoms with E-state index in [1.807, 2.05) is 0 Å². The molecule has 3 rings (SSSR count). The van der Waals surface area contributed by atoms with Crippen LogP contribution in [0.15, 0.2) is 36.5 Å². The number of halogens is 2. The molecule has 2 heterocycles. The maximum atomic E-state index is 13.6. The summed E-state index contributed by atoms with van der Waals surface area (Å²) in [7, 11) is 0. The van der Waals surface area contributed by atoms with Gasteiger partial charge in [-0.15, -0.1) is 0 Å². The van der Waals surface area contributed by atoms with Crippen LogP contribution in [-0.2, 0) is 0 Å². The number of anilines is 1. The number of carbonyl (C=O) groups is 2. The van der Waals surface area contributed by atoms with Gasteiger partial charge in [-0.25, -0.2) is 18.6 Å². The minimum absolute atomic E-state index is 0.136. The van der Waals surface area contributed by atoms with Crippen molar-refractivity contribution in [1.29, 1.82) is 0 Å². The van der Waals surface area contributed by atoms with Gasteiger partial charge in [0.05, 0.1) is 12.2 Å². The van der Waals surface area contributed by atoms with Crippen LogP contribution in [0.5, 0.6) is 0 Å². The van der Waals surface area contributed by atoms with Crippen molar-refractivity contribution in [3.8, 4) is 0 Å². The molecule has 26 heavy (non-hydrogen) atoms. The molecule has 8 heteroatoms. The van der Waals surface area contributed by atoms with Gasteiger partial charge in [-0.05, 0) is 31.0 Å². The normalized spacial score (nSPS) is 15.3. The molecule has 2 aromatic rings. The fraction of sp³-hybridized carbons (Fsp3) is 0.278. The summed E-state index contributed by atoms with van der Waals surface area (Å²) in [4.78, 5) is 29.1. The Hall–Kier alpha value is -3.03. The standard InChI is InChI=1S/C18H18F2N4O2/c1-11(23-17(25)16-15(20)9-13(19)10-22-16)12-3-5-14(6-4-12)24-8-2-7-21-18(24)26/h3-6,9-11H,2,7-8H2,1H3,(H,21,26)(H,23,25). The van der Waals surface area contributed by atoms with Crippen molar-refractivity contribution in [3.05, 3.63) is 59.4 Å². The van der Waals surface area contributed by atoms with Crippen LogP contribution in [0.2, 0.25) is 0 Å². The van der Waals surface area contributed by atoms with Gasteiger partial charge in [0.15, 0.2) is 11.5 Å². The predicted molar refractivity (Wildman–Crippen MR) is 91.8 cm³/mol. The second-order valence-corrected chi connectivity index (χ2v) is 6.01. The third kappa shape index (κ3) is 3.79. The van der Waals surface area contributed by atoms with Crippen molar-refractivity contribution in [3.63, 3.8) is 0 Å². The average Bonchev–Trinajstić information content (AvgIpc) is 2.62. The van der Waals surface area contributed by atoms with E-state index >= 15 is 0 Å². The van der Waals surface area contributed by atoms with Gasteiger partial charge in [0, 0.05) is 24.8 Å². The molecule has 0 bridgehead atoms. The predicted octanol–water partition coefficient (Wildman–Crippen LogP) is 2.77. The highest BCUT2D eigenvalue weighted by atomic mass is 19.1. The van der Waals surface area contributed by atoms with Gasteiger partial charge in [0.25, 0.3) is 5.91 Å². The van der Waals surface area contributed by atoms with E-state index < -0.39 is 29.3 Å². The van der Waals surface area contributed by atoms with Crippen LogP contribution in [-0.4, -0.2) is 30.0 Å². The van der Waals surface area contributed by atoms with Crippen LogP contribution in [0.3, 0.4) is 0 Å². The van der Waals surface area contributed by atoms with E-state index in [9.17, 15) is 18.4 Å². The lowest BCUT2D eigenvalue weighted by molar-refractivity contribution is 0.0930. The van der Waals surface area contributed by atoms with E-state index in [1.54, 1.807) is 36.1 Å². The molecular formula is C18H18F2N4O2. The van der Waals surface area contributed by atoms with Gasteiger partial charge in [-0.2, -0.15) is 0 Å². The molecule has 1 fully saturated rings. The number of hydrogen-bond donors (Lipinski definition) is 2. The average molecular weight is 360 g/mol. The Morgan fingerprint density at radius 3 is 2.69 bits per heavy atom. The van der Waals surface area contributed by atoms with E-state index in [2.05, 4.69) is 15.6 Å². The highest BCUT2D eigenvalue weighted by Gasteiger charge is 2.20. The Morgan fingerprint density at radius 1 is 1.31 bits per heavy atom. The number of aromatic nitrogens is 1. The molecule has 0 aliphatic carbocycles. The number of hydrogen-bond acceptors (Lipinski definition) is 3. The smallest absolute Gasteiger partial charge is 0.321 e. The Morgan fingerprint density at radius 2 is 2.04 bits per heavy atom. The van der Waals surface area contributed by atoms with Gasteiger partial charge < -0.3 is 10.6 Å². The second-order valence-electron chi connectivity index (χ2n) is 6.01. The van der Waals surface area contributed by atoms with Gasteiger partial charge in [0.2, 0.25) is 0 Å². The topological polar surface area (TPSA) is 74.3 Å². The summed E-state index contributed by atoms with van der Waals surface area (Å²) >= 11 is 0. The zero-order valence-corrected chi connectivity index (χ0v) is 14.1. The monoisotopic (exact) mass is 360 g/mol. The van der Waals surface area contributed by atoms with E-state index in [0.717, 1.165) is 23.9 Å². The maximum Gasteiger partial charge on any atom is 0.321 e. The molecule has 1 atom stereocenters. The van der Waals surface area contributed by atoms with Crippen LogP contribution in [0.1, 0.15) is 35.4 Å². The lowest BCUT2D eigenvalue weighted by atomic mass is 10.1. The molecule has 1 saturated heterocycles. The van der Waals surface area contributed by atoms with Crippen molar-refractivity contribution in [1.82, 2.24) is 15.6 Å². The first-order valence-electron chi connectivity index (χ1n) is 8.23. The largest absolute Gasteiger partial charge is 0.344 e. The lowest BCUT2D eigenvalue weighted by Gasteiger charge is -2.27. The SMILES string of the molecule is CC(NC(=O)c1ncc(F)cc1F)c1ccc(N2CCCNC2=O)cc1. The molecule has 1 aromatic heterocycles. The summed E-state index contributed by atoms with van der Waals surface area (Å²) in [5.74, 6) is -2.58. The minimum Gasteiger partial charge on any atom is -0.344 e. The van der Waals surface area contributed by atoms with E-state index in [-0.39, 0.29) is 6.03 Å². The van der Waals surface area contributed by atoms with E-state index in [1.165, 1.54) is 0 Å². The number of pyridine rings is 1. The third-order valence-corrected chi connectivity index (χ3v) is 4.16. The summed E-state index contributed by atoms with van der Waals surface area (Å²) in [6.45, 7) is 3.05. The molecule has 0 spiro atoms. The van der Waals surface area contributed by atoms with Crippen LogP contribution in [0.4, 0.5) is 19.3 Å². The number of benzene rings is 1. The van der Waals surface area contributed by atoms with Gasteiger partial charge >= 0.3 is 6.03 Å². The lowest BCUT2D eigenvalue weighted by Crippen LogP contribution is -2.46. The third-order valence-electron chi connectivity index (χ3n) is 4.16. The van der Waals surface area contributed by atoms with E-state index in [4.69, 9.17) is 0 Å². The second kappa shape index (κ2) is 7.47. The summed E-state index contributed by atoms with van der Waals surface area (Å²) in [5, 5.41) is 5.41. The number of nitrogens with zero attached hydrogens (tertiary/aromatic N) is 2. The molecule has 1 aliphatic heterocycles.